The number of aromatic amines is 1. The van der Waals surface area contributed by atoms with Crippen LogP contribution in [0.25, 0.3) is 0 Å². The SMILES string of the molecule is CN(C)Cc1cccc(NC(=O)c2cc[nH]c(=O)c2)c1. The number of H-pyrrole nitrogens is 1. The Morgan fingerprint density at radius 1 is 1.25 bits per heavy atom. The number of carbonyl (C=O) groups excluding carboxylic acids is 1. The van der Waals surface area contributed by atoms with Crippen molar-refractivity contribution in [2.45, 2.75) is 6.54 Å². The van der Waals surface area contributed by atoms with Crippen molar-refractivity contribution < 1.29 is 4.79 Å². The second-order valence-corrected chi connectivity index (χ2v) is 4.83. The van der Waals surface area contributed by atoms with Gasteiger partial charge in [-0.25, -0.2) is 0 Å². The summed E-state index contributed by atoms with van der Waals surface area (Å²) in [7, 11) is 3.98. The van der Waals surface area contributed by atoms with Crippen LogP contribution in [0.5, 0.6) is 0 Å². The molecule has 20 heavy (non-hydrogen) atoms. The van der Waals surface area contributed by atoms with Crippen molar-refractivity contribution in [1.29, 1.82) is 0 Å². The van der Waals surface area contributed by atoms with Crippen LogP contribution in [0.15, 0.2) is 47.4 Å². The summed E-state index contributed by atoms with van der Waals surface area (Å²) < 4.78 is 0. The fraction of sp³-hybridized carbons (Fsp3) is 0.200. The summed E-state index contributed by atoms with van der Waals surface area (Å²) in [6.07, 6.45) is 1.46. The number of hydrogen-bond donors (Lipinski definition) is 2. The third kappa shape index (κ3) is 3.80. The Labute approximate surface area is 117 Å². The van der Waals surface area contributed by atoms with E-state index in [-0.39, 0.29) is 11.5 Å². The van der Waals surface area contributed by atoms with E-state index in [1.165, 1.54) is 12.3 Å². The lowest BCUT2D eigenvalue weighted by atomic mass is 10.2. The number of pyridine rings is 1. The molecule has 0 spiro atoms. The minimum atomic E-state index is -0.293. The smallest absolute Gasteiger partial charge is 0.255 e. The maximum absolute atomic E-state index is 12.0. The van der Waals surface area contributed by atoms with Gasteiger partial charge in [-0.2, -0.15) is 0 Å². The van der Waals surface area contributed by atoms with Crippen LogP contribution >= 0.6 is 0 Å². The van der Waals surface area contributed by atoms with Gasteiger partial charge in [-0.3, -0.25) is 9.59 Å². The molecule has 0 atom stereocenters. The van der Waals surface area contributed by atoms with Crippen molar-refractivity contribution in [1.82, 2.24) is 9.88 Å². The predicted molar refractivity (Wildman–Crippen MR) is 78.8 cm³/mol. The number of hydrogen-bond acceptors (Lipinski definition) is 3. The molecule has 2 N–H and O–H groups in total. The summed E-state index contributed by atoms with van der Waals surface area (Å²) in [6, 6.07) is 10.5. The Morgan fingerprint density at radius 2 is 2.05 bits per heavy atom. The summed E-state index contributed by atoms with van der Waals surface area (Å²) in [4.78, 5) is 27.7. The summed E-state index contributed by atoms with van der Waals surface area (Å²) in [5.74, 6) is -0.293. The second kappa shape index (κ2) is 6.16. The first-order valence-electron chi connectivity index (χ1n) is 6.28. The minimum absolute atomic E-state index is 0.293. The Balaban J connectivity index is 2.13. The molecule has 5 nitrogen and oxygen atoms in total. The van der Waals surface area contributed by atoms with E-state index in [1.54, 1.807) is 6.07 Å². The lowest BCUT2D eigenvalue weighted by Gasteiger charge is -2.11. The monoisotopic (exact) mass is 271 g/mol. The van der Waals surface area contributed by atoms with E-state index >= 15 is 0 Å². The average Bonchev–Trinajstić information content (AvgIpc) is 2.38. The van der Waals surface area contributed by atoms with E-state index in [4.69, 9.17) is 0 Å². The van der Waals surface area contributed by atoms with Crippen LogP contribution in [-0.2, 0) is 6.54 Å². The Morgan fingerprint density at radius 3 is 2.75 bits per heavy atom. The minimum Gasteiger partial charge on any atom is -0.329 e. The van der Waals surface area contributed by atoms with E-state index in [0.29, 0.717) is 5.56 Å². The number of nitrogens with zero attached hydrogens (tertiary/aromatic N) is 1. The molecule has 0 aliphatic carbocycles. The van der Waals surface area contributed by atoms with Crippen molar-refractivity contribution in [3.05, 3.63) is 64.1 Å². The number of rotatable bonds is 4. The molecule has 1 amide bonds. The molecule has 104 valence electrons. The van der Waals surface area contributed by atoms with Gasteiger partial charge >= 0.3 is 0 Å². The molecular weight excluding hydrogens is 254 g/mol. The molecule has 0 aliphatic heterocycles. The third-order valence-corrected chi connectivity index (χ3v) is 2.72. The van der Waals surface area contributed by atoms with Crippen molar-refractivity contribution in [3.8, 4) is 0 Å². The van der Waals surface area contributed by atoms with Crippen LogP contribution in [0, 0.1) is 0 Å². The first-order chi connectivity index (χ1) is 9.54. The fourth-order valence-corrected chi connectivity index (χ4v) is 1.90. The number of benzene rings is 1. The van der Waals surface area contributed by atoms with Gasteiger partial charge in [-0.1, -0.05) is 12.1 Å². The van der Waals surface area contributed by atoms with Crippen molar-refractivity contribution in [2.24, 2.45) is 0 Å². The topological polar surface area (TPSA) is 65.2 Å². The highest BCUT2D eigenvalue weighted by Crippen LogP contribution is 2.13. The largest absolute Gasteiger partial charge is 0.329 e. The van der Waals surface area contributed by atoms with Crippen LogP contribution < -0.4 is 10.9 Å². The summed E-state index contributed by atoms with van der Waals surface area (Å²) in [5, 5.41) is 2.79. The third-order valence-electron chi connectivity index (χ3n) is 2.72. The van der Waals surface area contributed by atoms with Gasteiger partial charge in [0.2, 0.25) is 5.56 Å². The molecule has 1 aromatic carbocycles. The molecule has 1 heterocycles. The van der Waals surface area contributed by atoms with E-state index in [1.807, 2.05) is 38.4 Å². The molecule has 0 unspecified atom stereocenters. The highest BCUT2D eigenvalue weighted by atomic mass is 16.2. The molecule has 2 rings (SSSR count). The Kier molecular flexibility index (Phi) is 4.32. The average molecular weight is 271 g/mol. The molecule has 0 saturated carbocycles. The zero-order valence-electron chi connectivity index (χ0n) is 11.5. The lowest BCUT2D eigenvalue weighted by Crippen LogP contribution is -2.16. The van der Waals surface area contributed by atoms with Crippen molar-refractivity contribution in [3.63, 3.8) is 0 Å². The zero-order chi connectivity index (χ0) is 14.5. The normalized spacial score (nSPS) is 10.6. The number of aromatic nitrogens is 1. The highest BCUT2D eigenvalue weighted by molar-refractivity contribution is 6.04. The maximum atomic E-state index is 12.0. The summed E-state index contributed by atoms with van der Waals surface area (Å²) >= 11 is 0. The van der Waals surface area contributed by atoms with E-state index in [2.05, 4.69) is 15.2 Å². The Hall–Kier alpha value is -2.40. The molecule has 0 fully saturated rings. The number of amides is 1. The van der Waals surface area contributed by atoms with Gasteiger partial charge in [0, 0.05) is 30.1 Å². The van der Waals surface area contributed by atoms with Crippen LogP contribution in [0.3, 0.4) is 0 Å². The molecule has 1 aromatic heterocycles. The fourth-order valence-electron chi connectivity index (χ4n) is 1.90. The van der Waals surface area contributed by atoms with Gasteiger partial charge in [0.1, 0.15) is 0 Å². The van der Waals surface area contributed by atoms with Crippen LogP contribution in [0.2, 0.25) is 0 Å². The molecule has 0 aliphatic rings. The van der Waals surface area contributed by atoms with E-state index in [0.717, 1.165) is 17.8 Å². The number of carbonyl (C=O) groups is 1. The van der Waals surface area contributed by atoms with Crippen LogP contribution in [0.4, 0.5) is 5.69 Å². The van der Waals surface area contributed by atoms with Crippen molar-refractivity contribution >= 4 is 11.6 Å². The summed E-state index contributed by atoms with van der Waals surface area (Å²) in [6.45, 7) is 0.800. The van der Waals surface area contributed by atoms with E-state index in [9.17, 15) is 9.59 Å². The first kappa shape index (κ1) is 14.0. The lowest BCUT2D eigenvalue weighted by molar-refractivity contribution is 0.102. The molecule has 5 heteroatoms. The molecule has 0 radical (unpaired) electrons. The molecule has 2 aromatic rings. The van der Waals surface area contributed by atoms with Gasteiger partial charge in [0.05, 0.1) is 0 Å². The zero-order valence-corrected chi connectivity index (χ0v) is 11.5. The van der Waals surface area contributed by atoms with Gasteiger partial charge in [0.25, 0.3) is 5.91 Å². The van der Waals surface area contributed by atoms with Gasteiger partial charge < -0.3 is 15.2 Å². The quantitative estimate of drug-likeness (QED) is 0.889. The van der Waals surface area contributed by atoms with Gasteiger partial charge in [-0.05, 0) is 37.9 Å². The number of nitrogens with one attached hydrogen (secondary N) is 2. The van der Waals surface area contributed by atoms with Gasteiger partial charge in [0.15, 0.2) is 0 Å². The maximum Gasteiger partial charge on any atom is 0.255 e. The second-order valence-electron chi connectivity index (χ2n) is 4.83. The highest BCUT2D eigenvalue weighted by Gasteiger charge is 2.07. The molecule has 0 saturated heterocycles. The van der Waals surface area contributed by atoms with Crippen molar-refractivity contribution in [2.75, 3.05) is 19.4 Å². The molecule has 0 bridgehead atoms. The molecular formula is C15H17N3O2. The first-order valence-corrected chi connectivity index (χ1v) is 6.28. The van der Waals surface area contributed by atoms with E-state index < -0.39 is 0 Å². The summed E-state index contributed by atoms with van der Waals surface area (Å²) in [5.41, 5.74) is 1.87. The Bertz CT molecular complexity index is 662. The predicted octanol–water partition coefficient (Wildman–Crippen LogP) is 1.69. The number of anilines is 1. The van der Waals surface area contributed by atoms with Gasteiger partial charge in [-0.15, -0.1) is 0 Å². The van der Waals surface area contributed by atoms with Crippen LogP contribution in [0.1, 0.15) is 15.9 Å². The van der Waals surface area contributed by atoms with Crippen LogP contribution in [-0.4, -0.2) is 29.9 Å². The standard InChI is InChI=1S/C15H17N3O2/c1-18(2)10-11-4-3-5-13(8-11)17-15(20)12-6-7-16-14(19)9-12/h3-9H,10H2,1-2H3,(H,16,19)(H,17,20).